The fourth-order valence-corrected chi connectivity index (χ4v) is 2.59. The number of thiocarbonyl (C=S) groups is 1. The van der Waals surface area contributed by atoms with Crippen LogP contribution >= 0.6 is 23.8 Å². The molecular formula is C18H18ClN3O3S. The zero-order valence-electron chi connectivity index (χ0n) is 14.5. The van der Waals surface area contributed by atoms with Crippen molar-refractivity contribution in [2.24, 2.45) is 0 Å². The summed E-state index contributed by atoms with van der Waals surface area (Å²) in [5.41, 5.74) is 1.82. The lowest BCUT2D eigenvalue weighted by Crippen LogP contribution is -2.34. The summed E-state index contributed by atoms with van der Waals surface area (Å²) in [7, 11) is 0. The van der Waals surface area contributed by atoms with E-state index in [1.807, 2.05) is 12.1 Å². The molecule has 2 rings (SSSR count). The average molecular weight is 392 g/mol. The zero-order valence-corrected chi connectivity index (χ0v) is 16.1. The molecule has 0 saturated heterocycles. The van der Waals surface area contributed by atoms with Crippen LogP contribution in [0.5, 0.6) is 0 Å². The number of nitrogens with zero attached hydrogens (tertiary/aromatic N) is 1. The summed E-state index contributed by atoms with van der Waals surface area (Å²) in [6.45, 7) is 6.28. The van der Waals surface area contributed by atoms with E-state index in [9.17, 15) is 14.9 Å². The number of halogens is 1. The Hall–Kier alpha value is -2.51. The van der Waals surface area contributed by atoms with Gasteiger partial charge >= 0.3 is 0 Å². The number of carbonyl (C=O) groups excluding carboxylic acids is 1. The zero-order chi connectivity index (χ0) is 19.5. The Morgan fingerprint density at radius 3 is 2.27 bits per heavy atom. The van der Waals surface area contributed by atoms with Crippen molar-refractivity contribution in [1.29, 1.82) is 0 Å². The number of hydrogen-bond donors (Lipinski definition) is 2. The highest BCUT2D eigenvalue weighted by atomic mass is 35.5. The highest BCUT2D eigenvalue weighted by molar-refractivity contribution is 7.80. The molecule has 8 heteroatoms. The Balaban J connectivity index is 2.03. The van der Waals surface area contributed by atoms with Crippen LogP contribution in [0.25, 0.3) is 0 Å². The normalized spacial score (nSPS) is 10.9. The van der Waals surface area contributed by atoms with Crippen molar-refractivity contribution in [1.82, 2.24) is 5.32 Å². The standard InChI is InChI=1S/C18H18ClN3O3S/c1-18(2,3)12-6-4-11(5-7-12)16(23)21-17(26)20-15-9-8-13(22(24)25)10-14(15)19/h4-10H,1-3H3,(H2,20,21,23,26). The number of carbonyl (C=O) groups is 1. The van der Waals surface area contributed by atoms with Crippen LogP contribution in [0.3, 0.4) is 0 Å². The molecule has 1 amide bonds. The van der Waals surface area contributed by atoms with Crippen LogP contribution in [0.4, 0.5) is 11.4 Å². The van der Waals surface area contributed by atoms with Crippen molar-refractivity contribution in [2.45, 2.75) is 26.2 Å². The van der Waals surface area contributed by atoms with Crippen molar-refractivity contribution in [3.05, 3.63) is 68.7 Å². The molecule has 0 aliphatic carbocycles. The molecule has 0 radical (unpaired) electrons. The number of amides is 1. The van der Waals surface area contributed by atoms with Crippen LogP contribution in [-0.2, 0) is 5.41 Å². The molecule has 0 aliphatic heterocycles. The summed E-state index contributed by atoms with van der Waals surface area (Å²) >= 11 is 11.1. The minimum Gasteiger partial charge on any atom is -0.331 e. The number of nitro benzene ring substituents is 1. The molecule has 2 aromatic rings. The van der Waals surface area contributed by atoms with Gasteiger partial charge in [0.15, 0.2) is 5.11 Å². The van der Waals surface area contributed by atoms with Gasteiger partial charge in [0.25, 0.3) is 11.6 Å². The second-order valence-corrected chi connectivity index (χ2v) is 7.47. The molecule has 0 spiro atoms. The smallest absolute Gasteiger partial charge is 0.271 e. The molecule has 136 valence electrons. The maximum atomic E-state index is 12.3. The molecule has 2 aromatic carbocycles. The Morgan fingerprint density at radius 1 is 1.15 bits per heavy atom. The van der Waals surface area contributed by atoms with E-state index >= 15 is 0 Å². The largest absolute Gasteiger partial charge is 0.331 e. The third-order valence-electron chi connectivity index (χ3n) is 3.65. The molecule has 0 fully saturated rings. The summed E-state index contributed by atoms with van der Waals surface area (Å²) in [5.74, 6) is -0.360. The summed E-state index contributed by atoms with van der Waals surface area (Å²) in [4.78, 5) is 22.4. The third-order valence-corrected chi connectivity index (χ3v) is 4.17. The van der Waals surface area contributed by atoms with Gasteiger partial charge in [0.1, 0.15) is 0 Å². The van der Waals surface area contributed by atoms with Crippen LogP contribution < -0.4 is 10.6 Å². The lowest BCUT2D eigenvalue weighted by atomic mass is 9.87. The molecule has 2 N–H and O–H groups in total. The fourth-order valence-electron chi connectivity index (χ4n) is 2.17. The lowest BCUT2D eigenvalue weighted by molar-refractivity contribution is -0.384. The maximum absolute atomic E-state index is 12.3. The number of benzene rings is 2. The van der Waals surface area contributed by atoms with E-state index in [2.05, 4.69) is 31.4 Å². The van der Waals surface area contributed by atoms with Gasteiger partial charge in [-0.3, -0.25) is 20.2 Å². The lowest BCUT2D eigenvalue weighted by Gasteiger charge is -2.19. The minimum absolute atomic E-state index is 0.00146. The van der Waals surface area contributed by atoms with E-state index in [0.717, 1.165) is 5.56 Å². The van der Waals surface area contributed by atoms with Gasteiger partial charge in [-0.25, -0.2) is 0 Å². The minimum atomic E-state index is -0.545. The first-order valence-corrected chi connectivity index (χ1v) is 8.53. The van der Waals surface area contributed by atoms with Crippen molar-refractivity contribution in [3.63, 3.8) is 0 Å². The molecule has 0 unspecified atom stereocenters. The summed E-state index contributed by atoms with van der Waals surface area (Å²) in [6.07, 6.45) is 0. The van der Waals surface area contributed by atoms with Crippen LogP contribution in [0.2, 0.25) is 5.02 Å². The number of hydrogen-bond acceptors (Lipinski definition) is 4. The van der Waals surface area contributed by atoms with Gasteiger partial charge in [0, 0.05) is 17.7 Å². The predicted octanol–water partition coefficient (Wildman–Crippen LogP) is 4.67. The molecule has 6 nitrogen and oxygen atoms in total. The SMILES string of the molecule is CC(C)(C)c1ccc(C(=O)NC(=S)Nc2ccc([N+](=O)[O-])cc2Cl)cc1. The number of rotatable bonds is 3. The van der Waals surface area contributed by atoms with Crippen molar-refractivity contribution < 1.29 is 9.72 Å². The summed E-state index contributed by atoms with van der Waals surface area (Å²) in [5, 5.41) is 16.2. The Morgan fingerprint density at radius 2 is 1.77 bits per heavy atom. The first-order valence-electron chi connectivity index (χ1n) is 7.75. The molecule has 0 aliphatic rings. The van der Waals surface area contributed by atoms with Crippen LogP contribution in [0.15, 0.2) is 42.5 Å². The van der Waals surface area contributed by atoms with E-state index in [1.54, 1.807) is 12.1 Å². The van der Waals surface area contributed by atoms with Crippen molar-refractivity contribution in [3.8, 4) is 0 Å². The molecule has 0 heterocycles. The van der Waals surface area contributed by atoms with Gasteiger partial charge in [-0.15, -0.1) is 0 Å². The second kappa shape index (κ2) is 7.80. The van der Waals surface area contributed by atoms with Gasteiger partial charge in [0.05, 0.1) is 15.6 Å². The topological polar surface area (TPSA) is 84.3 Å². The van der Waals surface area contributed by atoms with Crippen LogP contribution in [0, 0.1) is 10.1 Å². The number of nitro groups is 1. The van der Waals surface area contributed by atoms with Gasteiger partial charge in [-0.1, -0.05) is 44.5 Å². The molecule has 0 atom stereocenters. The Labute approximate surface area is 161 Å². The van der Waals surface area contributed by atoms with E-state index < -0.39 is 4.92 Å². The van der Waals surface area contributed by atoms with Crippen molar-refractivity contribution >= 4 is 46.2 Å². The highest BCUT2D eigenvalue weighted by Crippen LogP contribution is 2.26. The van der Waals surface area contributed by atoms with Gasteiger partial charge in [-0.2, -0.15) is 0 Å². The fraction of sp³-hybridized carbons (Fsp3) is 0.222. The van der Waals surface area contributed by atoms with Crippen LogP contribution in [0.1, 0.15) is 36.7 Å². The first kappa shape index (κ1) is 19.8. The maximum Gasteiger partial charge on any atom is 0.271 e. The van der Waals surface area contributed by atoms with Crippen LogP contribution in [-0.4, -0.2) is 15.9 Å². The third kappa shape index (κ3) is 5.00. The van der Waals surface area contributed by atoms with E-state index in [0.29, 0.717) is 11.3 Å². The Kier molecular flexibility index (Phi) is 5.94. The molecule has 0 bridgehead atoms. The summed E-state index contributed by atoms with van der Waals surface area (Å²) in [6, 6.07) is 11.2. The number of anilines is 1. The molecule has 0 saturated carbocycles. The first-order chi connectivity index (χ1) is 12.1. The number of nitrogens with one attached hydrogen (secondary N) is 2. The predicted molar refractivity (Wildman–Crippen MR) is 107 cm³/mol. The van der Waals surface area contributed by atoms with E-state index in [4.69, 9.17) is 23.8 Å². The van der Waals surface area contributed by atoms with Gasteiger partial charge < -0.3 is 5.32 Å². The van der Waals surface area contributed by atoms with E-state index in [1.165, 1.54) is 18.2 Å². The molecule has 0 aromatic heterocycles. The summed E-state index contributed by atoms with van der Waals surface area (Å²) < 4.78 is 0. The molecule has 26 heavy (non-hydrogen) atoms. The monoisotopic (exact) mass is 391 g/mol. The van der Waals surface area contributed by atoms with Gasteiger partial charge in [-0.05, 0) is 41.4 Å². The highest BCUT2D eigenvalue weighted by Gasteiger charge is 2.15. The van der Waals surface area contributed by atoms with E-state index in [-0.39, 0.29) is 27.1 Å². The number of non-ortho nitro benzene ring substituents is 1. The second-order valence-electron chi connectivity index (χ2n) is 6.66. The average Bonchev–Trinajstić information content (AvgIpc) is 2.55. The Bertz CT molecular complexity index is 861. The van der Waals surface area contributed by atoms with Gasteiger partial charge in [0.2, 0.25) is 0 Å². The quantitative estimate of drug-likeness (QED) is 0.451. The van der Waals surface area contributed by atoms with Crippen molar-refractivity contribution in [2.75, 3.05) is 5.32 Å². The molecular weight excluding hydrogens is 374 g/mol.